The maximum absolute atomic E-state index is 12.6. The summed E-state index contributed by atoms with van der Waals surface area (Å²) in [6.07, 6.45) is 3.61. The lowest BCUT2D eigenvalue weighted by molar-refractivity contribution is -0.139. The van der Waals surface area contributed by atoms with Crippen LogP contribution in [0, 0.1) is 11.8 Å². The van der Waals surface area contributed by atoms with Gasteiger partial charge in [-0.3, -0.25) is 14.4 Å². The number of carbonyl (C=O) groups is 3. The fraction of sp³-hybridized carbons (Fsp3) is 0.812. The van der Waals surface area contributed by atoms with Gasteiger partial charge in [-0.25, -0.2) is 0 Å². The molecule has 0 bridgehead atoms. The molecular weight excluding hydrogens is 312 g/mol. The summed E-state index contributed by atoms with van der Waals surface area (Å²) in [5.74, 6) is -0.490. The van der Waals surface area contributed by atoms with E-state index in [2.05, 4.69) is 10.6 Å². The van der Waals surface area contributed by atoms with Crippen molar-refractivity contribution in [2.24, 2.45) is 17.6 Å². The Hall–Kier alpha value is -1.67. The SMILES string of the molecule is NCC(=O)N1CC2CCCC2C1C(=O)NCC(O)C(=O)NC1CC1. The van der Waals surface area contributed by atoms with Crippen molar-refractivity contribution in [1.29, 1.82) is 0 Å². The van der Waals surface area contributed by atoms with E-state index in [9.17, 15) is 19.5 Å². The first-order valence-corrected chi connectivity index (χ1v) is 8.77. The van der Waals surface area contributed by atoms with Gasteiger partial charge in [0, 0.05) is 12.6 Å². The molecule has 0 spiro atoms. The molecule has 5 N–H and O–H groups in total. The Balaban J connectivity index is 1.57. The molecule has 3 rings (SSSR count). The van der Waals surface area contributed by atoms with Gasteiger partial charge >= 0.3 is 0 Å². The third kappa shape index (κ3) is 3.54. The quantitative estimate of drug-likeness (QED) is 0.461. The van der Waals surface area contributed by atoms with Gasteiger partial charge in [0.15, 0.2) is 0 Å². The topological polar surface area (TPSA) is 125 Å². The molecule has 3 fully saturated rings. The lowest BCUT2D eigenvalue weighted by Crippen LogP contribution is -2.52. The van der Waals surface area contributed by atoms with E-state index in [0.717, 1.165) is 32.1 Å². The van der Waals surface area contributed by atoms with Crippen molar-refractivity contribution in [2.75, 3.05) is 19.6 Å². The maximum atomic E-state index is 12.6. The second kappa shape index (κ2) is 7.06. The molecule has 1 saturated heterocycles. The molecule has 0 aromatic rings. The number of aliphatic hydroxyl groups excluding tert-OH is 1. The Labute approximate surface area is 141 Å². The third-order valence-electron chi connectivity index (χ3n) is 5.35. The van der Waals surface area contributed by atoms with Crippen LogP contribution in [0.2, 0.25) is 0 Å². The molecule has 1 aliphatic heterocycles. The summed E-state index contributed by atoms with van der Waals surface area (Å²) >= 11 is 0. The number of hydrogen-bond acceptors (Lipinski definition) is 5. The van der Waals surface area contributed by atoms with Gasteiger partial charge in [-0.05, 0) is 37.5 Å². The van der Waals surface area contributed by atoms with Gasteiger partial charge in [0.05, 0.1) is 13.1 Å². The van der Waals surface area contributed by atoms with Crippen LogP contribution >= 0.6 is 0 Å². The van der Waals surface area contributed by atoms with Crippen LogP contribution in [0.1, 0.15) is 32.1 Å². The second-order valence-electron chi connectivity index (χ2n) is 7.09. The van der Waals surface area contributed by atoms with Crippen molar-refractivity contribution in [1.82, 2.24) is 15.5 Å². The number of aliphatic hydroxyl groups is 1. The van der Waals surface area contributed by atoms with Gasteiger partial charge in [-0.1, -0.05) is 6.42 Å². The monoisotopic (exact) mass is 338 g/mol. The molecule has 3 amide bonds. The smallest absolute Gasteiger partial charge is 0.250 e. The molecule has 0 radical (unpaired) electrons. The van der Waals surface area contributed by atoms with Crippen molar-refractivity contribution in [3.05, 3.63) is 0 Å². The van der Waals surface area contributed by atoms with Gasteiger partial charge in [-0.15, -0.1) is 0 Å². The standard InChI is InChI=1S/C16H26N4O4/c17-6-13(22)20-8-9-2-1-3-11(9)14(20)16(24)18-7-12(21)15(23)19-10-4-5-10/h9-12,14,21H,1-8,17H2,(H,18,24)(H,19,23). The zero-order chi connectivity index (χ0) is 17.3. The Kier molecular flexibility index (Phi) is 5.05. The number of fused-ring (bicyclic) bond motifs is 1. The van der Waals surface area contributed by atoms with E-state index in [1.54, 1.807) is 4.90 Å². The minimum atomic E-state index is -1.27. The van der Waals surface area contributed by atoms with E-state index in [-0.39, 0.29) is 36.9 Å². The highest BCUT2D eigenvalue weighted by Gasteiger charge is 2.49. The van der Waals surface area contributed by atoms with Crippen LogP contribution in [0.4, 0.5) is 0 Å². The van der Waals surface area contributed by atoms with E-state index in [1.807, 2.05) is 0 Å². The maximum Gasteiger partial charge on any atom is 0.250 e. The van der Waals surface area contributed by atoms with Crippen LogP contribution in [-0.4, -0.2) is 65.5 Å². The molecule has 0 aromatic heterocycles. The van der Waals surface area contributed by atoms with Crippen LogP contribution in [0.3, 0.4) is 0 Å². The Morgan fingerprint density at radius 3 is 2.62 bits per heavy atom. The number of rotatable bonds is 6. The molecule has 2 aliphatic carbocycles. The summed E-state index contributed by atoms with van der Waals surface area (Å²) in [7, 11) is 0. The normalized spacial score (nSPS) is 29.9. The molecule has 0 aromatic carbocycles. The highest BCUT2D eigenvalue weighted by molar-refractivity contribution is 5.90. The van der Waals surface area contributed by atoms with Gasteiger partial charge in [0.25, 0.3) is 5.91 Å². The molecule has 24 heavy (non-hydrogen) atoms. The van der Waals surface area contributed by atoms with Gasteiger partial charge in [0.1, 0.15) is 12.1 Å². The highest BCUT2D eigenvalue weighted by atomic mass is 16.3. The highest BCUT2D eigenvalue weighted by Crippen LogP contribution is 2.42. The van der Waals surface area contributed by atoms with Gasteiger partial charge in [0.2, 0.25) is 11.8 Å². The number of likely N-dealkylation sites (tertiary alicyclic amines) is 1. The second-order valence-corrected chi connectivity index (χ2v) is 7.09. The summed E-state index contributed by atoms with van der Waals surface area (Å²) in [4.78, 5) is 37.9. The summed E-state index contributed by atoms with van der Waals surface area (Å²) in [5, 5.41) is 15.2. The molecule has 134 valence electrons. The first kappa shape index (κ1) is 17.2. The van der Waals surface area contributed by atoms with Crippen LogP contribution in [-0.2, 0) is 14.4 Å². The number of hydrogen-bond donors (Lipinski definition) is 4. The van der Waals surface area contributed by atoms with Crippen LogP contribution in [0.15, 0.2) is 0 Å². The van der Waals surface area contributed by atoms with Crippen LogP contribution < -0.4 is 16.4 Å². The number of carbonyl (C=O) groups excluding carboxylic acids is 3. The summed E-state index contributed by atoms with van der Waals surface area (Å²) < 4.78 is 0. The van der Waals surface area contributed by atoms with E-state index in [0.29, 0.717) is 12.5 Å². The Morgan fingerprint density at radius 2 is 1.96 bits per heavy atom. The van der Waals surface area contributed by atoms with Gasteiger partial charge < -0.3 is 26.4 Å². The fourth-order valence-electron chi connectivity index (χ4n) is 3.93. The number of nitrogens with zero attached hydrogens (tertiary/aromatic N) is 1. The molecule has 8 heteroatoms. The van der Waals surface area contributed by atoms with Crippen LogP contribution in [0.25, 0.3) is 0 Å². The molecule has 4 unspecified atom stereocenters. The van der Waals surface area contributed by atoms with E-state index >= 15 is 0 Å². The van der Waals surface area contributed by atoms with Crippen molar-refractivity contribution in [3.63, 3.8) is 0 Å². The van der Waals surface area contributed by atoms with E-state index < -0.39 is 18.1 Å². The zero-order valence-corrected chi connectivity index (χ0v) is 13.7. The van der Waals surface area contributed by atoms with Crippen molar-refractivity contribution < 1.29 is 19.5 Å². The molecule has 1 heterocycles. The summed E-state index contributed by atoms with van der Waals surface area (Å²) in [6.45, 7) is 0.315. The molecule has 4 atom stereocenters. The fourth-order valence-corrected chi connectivity index (χ4v) is 3.93. The number of amides is 3. The van der Waals surface area contributed by atoms with Crippen molar-refractivity contribution in [3.8, 4) is 0 Å². The number of nitrogens with one attached hydrogen (secondary N) is 2. The minimum absolute atomic E-state index is 0.115. The molecular formula is C16H26N4O4. The molecule has 2 saturated carbocycles. The average Bonchev–Trinajstić information content (AvgIpc) is 3.13. The predicted molar refractivity (Wildman–Crippen MR) is 85.6 cm³/mol. The Bertz CT molecular complexity index is 522. The van der Waals surface area contributed by atoms with Crippen molar-refractivity contribution in [2.45, 2.75) is 50.3 Å². The van der Waals surface area contributed by atoms with E-state index in [4.69, 9.17) is 5.73 Å². The predicted octanol–water partition coefficient (Wildman–Crippen LogP) is -1.67. The molecule has 8 nitrogen and oxygen atoms in total. The number of nitrogens with two attached hydrogens (primary N) is 1. The molecule has 3 aliphatic rings. The third-order valence-corrected chi connectivity index (χ3v) is 5.35. The first-order valence-electron chi connectivity index (χ1n) is 8.77. The van der Waals surface area contributed by atoms with E-state index in [1.165, 1.54) is 0 Å². The van der Waals surface area contributed by atoms with Crippen molar-refractivity contribution >= 4 is 17.7 Å². The van der Waals surface area contributed by atoms with Crippen LogP contribution in [0.5, 0.6) is 0 Å². The lowest BCUT2D eigenvalue weighted by Gasteiger charge is -2.27. The van der Waals surface area contributed by atoms with Gasteiger partial charge in [-0.2, -0.15) is 0 Å². The Morgan fingerprint density at radius 1 is 1.21 bits per heavy atom. The average molecular weight is 338 g/mol. The first-order chi connectivity index (χ1) is 11.5. The summed E-state index contributed by atoms with van der Waals surface area (Å²) in [6, 6.07) is -0.373. The zero-order valence-electron chi connectivity index (χ0n) is 13.7. The summed E-state index contributed by atoms with van der Waals surface area (Å²) in [5.41, 5.74) is 5.46. The largest absolute Gasteiger partial charge is 0.381 e. The minimum Gasteiger partial charge on any atom is -0.381 e. The lowest BCUT2D eigenvalue weighted by atomic mass is 9.93.